The Balaban J connectivity index is 1.93. The molecule has 0 bridgehead atoms. The summed E-state index contributed by atoms with van der Waals surface area (Å²) in [6.45, 7) is 1.60. The number of fused-ring (bicyclic) bond motifs is 1. The van der Waals surface area contributed by atoms with E-state index in [1.54, 1.807) is 38.2 Å². The van der Waals surface area contributed by atoms with Crippen LogP contribution in [0.25, 0.3) is 0 Å². The summed E-state index contributed by atoms with van der Waals surface area (Å²) in [5.41, 5.74) is -0.819. The minimum absolute atomic E-state index is 0.304. The van der Waals surface area contributed by atoms with Crippen molar-refractivity contribution in [2.24, 2.45) is 5.92 Å². The van der Waals surface area contributed by atoms with Crippen LogP contribution in [0, 0.1) is 5.92 Å². The maximum absolute atomic E-state index is 12.8. The van der Waals surface area contributed by atoms with Crippen molar-refractivity contribution in [3.8, 4) is 0 Å². The van der Waals surface area contributed by atoms with Crippen LogP contribution in [0.5, 0.6) is 0 Å². The zero-order valence-electron chi connectivity index (χ0n) is 14.3. The van der Waals surface area contributed by atoms with Crippen molar-refractivity contribution in [1.82, 2.24) is 10.6 Å². The van der Waals surface area contributed by atoms with E-state index in [1.807, 2.05) is 6.26 Å². The smallest absolute Gasteiger partial charge is 0.263 e. The lowest BCUT2D eigenvalue weighted by molar-refractivity contribution is -0.149. The van der Waals surface area contributed by atoms with Crippen LogP contribution in [0.3, 0.4) is 0 Å². The third-order valence-electron chi connectivity index (χ3n) is 5.01. The largest absolute Gasteiger partial charge is 0.375 e. The van der Waals surface area contributed by atoms with Gasteiger partial charge in [-0.05, 0) is 12.3 Å². The van der Waals surface area contributed by atoms with Gasteiger partial charge in [0.05, 0.1) is 5.69 Å². The quantitative estimate of drug-likeness (QED) is 0.690. The third kappa shape index (κ3) is 2.60. The number of likely N-dealkylation sites (N-methyl/N-ethyl adjacent to an activating group) is 1. The number of carbonyl (C=O) groups excluding carboxylic acids is 3. The van der Waals surface area contributed by atoms with Gasteiger partial charge in [-0.25, -0.2) is 0 Å². The fourth-order valence-electron chi connectivity index (χ4n) is 3.53. The molecule has 3 N–H and O–H groups in total. The van der Waals surface area contributed by atoms with Crippen LogP contribution in [0.4, 0.5) is 5.69 Å². The lowest BCUT2D eigenvalue weighted by atomic mass is 9.78. The van der Waals surface area contributed by atoms with Gasteiger partial charge in [0, 0.05) is 24.3 Å². The first-order chi connectivity index (χ1) is 11.8. The van der Waals surface area contributed by atoms with Gasteiger partial charge in [-0.3, -0.25) is 14.4 Å². The Morgan fingerprint density at radius 3 is 2.60 bits per heavy atom. The molecule has 0 radical (unpaired) electrons. The van der Waals surface area contributed by atoms with Gasteiger partial charge in [0.15, 0.2) is 5.60 Å². The van der Waals surface area contributed by atoms with Crippen molar-refractivity contribution >= 4 is 35.2 Å². The molecule has 2 heterocycles. The number of amides is 3. The van der Waals surface area contributed by atoms with Crippen molar-refractivity contribution in [2.75, 3.05) is 24.0 Å². The molecule has 8 heteroatoms. The Bertz CT molecular complexity index is 740. The Labute approximate surface area is 150 Å². The van der Waals surface area contributed by atoms with Crippen LogP contribution in [0.2, 0.25) is 0 Å². The van der Waals surface area contributed by atoms with E-state index >= 15 is 0 Å². The molecule has 1 aromatic rings. The number of nitrogens with one attached hydrogen (secondary N) is 2. The molecule has 4 atom stereocenters. The Morgan fingerprint density at radius 1 is 1.24 bits per heavy atom. The number of para-hydroxylation sites is 1. The standard InChI is InChI=1S/C17H21N3O4S/c1-9(13-15(22)18-11(8-25-3)14(21)19-13)17(24)10-6-4-5-7-12(10)20(2)16(17)23/h4-7,9,11,13,24H,8H2,1-3H3,(H,18,22)(H,19,21)/t9-,11+,13+,17+/m1/s1. The normalized spacial score (nSPS) is 29.9. The number of hydrogen-bond acceptors (Lipinski definition) is 5. The van der Waals surface area contributed by atoms with E-state index in [0.717, 1.165) is 0 Å². The van der Waals surface area contributed by atoms with Crippen LogP contribution in [-0.4, -0.2) is 54.0 Å². The highest BCUT2D eigenvalue weighted by molar-refractivity contribution is 7.98. The summed E-state index contributed by atoms with van der Waals surface area (Å²) in [7, 11) is 1.58. The van der Waals surface area contributed by atoms with E-state index in [1.165, 1.54) is 16.7 Å². The minimum atomic E-state index is -1.87. The number of hydrogen-bond donors (Lipinski definition) is 3. The van der Waals surface area contributed by atoms with Gasteiger partial charge >= 0.3 is 0 Å². The second kappa shape index (κ2) is 6.34. The fraction of sp³-hybridized carbons (Fsp3) is 0.471. The lowest BCUT2D eigenvalue weighted by Gasteiger charge is -2.38. The molecule has 0 unspecified atom stereocenters. The van der Waals surface area contributed by atoms with Gasteiger partial charge in [0.1, 0.15) is 12.1 Å². The van der Waals surface area contributed by atoms with Crippen LogP contribution in [0.15, 0.2) is 24.3 Å². The number of thioether (sulfide) groups is 1. The maximum Gasteiger partial charge on any atom is 0.263 e. The fourth-order valence-corrected chi connectivity index (χ4v) is 4.10. The van der Waals surface area contributed by atoms with E-state index in [-0.39, 0.29) is 11.8 Å². The first kappa shape index (κ1) is 17.8. The minimum Gasteiger partial charge on any atom is -0.375 e. The number of nitrogens with zero attached hydrogens (tertiary/aromatic N) is 1. The van der Waals surface area contributed by atoms with Crippen LogP contribution in [-0.2, 0) is 20.0 Å². The molecule has 2 aliphatic heterocycles. The Kier molecular flexibility index (Phi) is 4.51. The predicted molar refractivity (Wildman–Crippen MR) is 95.2 cm³/mol. The zero-order valence-corrected chi connectivity index (χ0v) is 15.1. The molecule has 3 rings (SSSR count). The first-order valence-corrected chi connectivity index (χ1v) is 9.41. The van der Waals surface area contributed by atoms with E-state index < -0.39 is 29.5 Å². The molecule has 3 amide bonds. The highest BCUT2D eigenvalue weighted by atomic mass is 32.2. The van der Waals surface area contributed by atoms with Crippen molar-refractivity contribution in [3.63, 3.8) is 0 Å². The molecule has 134 valence electrons. The summed E-state index contributed by atoms with van der Waals surface area (Å²) >= 11 is 1.45. The molecule has 25 heavy (non-hydrogen) atoms. The van der Waals surface area contributed by atoms with Gasteiger partial charge in [-0.2, -0.15) is 11.8 Å². The highest BCUT2D eigenvalue weighted by Crippen LogP contribution is 2.45. The van der Waals surface area contributed by atoms with E-state index in [9.17, 15) is 19.5 Å². The predicted octanol–water partition coefficient (Wildman–Crippen LogP) is -0.167. The molecule has 0 aromatic heterocycles. The van der Waals surface area contributed by atoms with Crippen molar-refractivity contribution in [3.05, 3.63) is 29.8 Å². The second-order valence-electron chi connectivity index (χ2n) is 6.44. The van der Waals surface area contributed by atoms with Crippen molar-refractivity contribution < 1.29 is 19.5 Å². The number of carbonyl (C=O) groups is 3. The molecule has 1 saturated heterocycles. The number of piperazine rings is 1. The van der Waals surface area contributed by atoms with Crippen LogP contribution < -0.4 is 15.5 Å². The van der Waals surface area contributed by atoms with Crippen LogP contribution >= 0.6 is 11.8 Å². The van der Waals surface area contributed by atoms with E-state index in [0.29, 0.717) is 17.0 Å². The molecule has 0 spiro atoms. The van der Waals surface area contributed by atoms with Gasteiger partial charge < -0.3 is 20.6 Å². The molecule has 0 aliphatic carbocycles. The Hall–Kier alpha value is -2.06. The Morgan fingerprint density at radius 2 is 1.92 bits per heavy atom. The van der Waals surface area contributed by atoms with Crippen molar-refractivity contribution in [1.29, 1.82) is 0 Å². The van der Waals surface area contributed by atoms with Gasteiger partial charge in [-0.1, -0.05) is 25.1 Å². The number of benzene rings is 1. The van der Waals surface area contributed by atoms with E-state index in [4.69, 9.17) is 0 Å². The zero-order chi connectivity index (χ0) is 18.4. The van der Waals surface area contributed by atoms with Gasteiger partial charge in [-0.15, -0.1) is 0 Å². The first-order valence-electron chi connectivity index (χ1n) is 8.02. The number of aliphatic hydroxyl groups is 1. The summed E-state index contributed by atoms with van der Waals surface area (Å²) in [6.07, 6.45) is 1.85. The van der Waals surface area contributed by atoms with E-state index in [2.05, 4.69) is 10.6 Å². The monoisotopic (exact) mass is 363 g/mol. The molecule has 1 fully saturated rings. The molecule has 2 aliphatic rings. The SMILES string of the molecule is CSC[C@@H]1NC(=O)[C@H]([C@@H](C)[C@@]2(O)C(=O)N(C)c3ccccc32)NC1=O. The maximum atomic E-state index is 12.8. The van der Waals surface area contributed by atoms with Gasteiger partial charge in [0.25, 0.3) is 5.91 Å². The summed E-state index contributed by atoms with van der Waals surface area (Å²) in [5, 5.41) is 16.6. The summed E-state index contributed by atoms with van der Waals surface area (Å²) in [6, 6.07) is 5.34. The topological polar surface area (TPSA) is 98.7 Å². The average molecular weight is 363 g/mol. The number of rotatable bonds is 4. The lowest BCUT2D eigenvalue weighted by Crippen LogP contribution is -2.67. The molecular weight excluding hydrogens is 342 g/mol. The number of anilines is 1. The summed E-state index contributed by atoms with van der Waals surface area (Å²) in [4.78, 5) is 38.9. The molecule has 7 nitrogen and oxygen atoms in total. The van der Waals surface area contributed by atoms with Gasteiger partial charge in [0.2, 0.25) is 11.8 Å². The molecule has 0 saturated carbocycles. The third-order valence-corrected chi connectivity index (χ3v) is 5.68. The summed E-state index contributed by atoms with van der Waals surface area (Å²) < 4.78 is 0. The molecule has 1 aromatic carbocycles. The van der Waals surface area contributed by atoms with Crippen molar-refractivity contribution in [2.45, 2.75) is 24.6 Å². The van der Waals surface area contributed by atoms with Crippen LogP contribution in [0.1, 0.15) is 12.5 Å². The highest BCUT2D eigenvalue weighted by Gasteiger charge is 2.56. The summed E-state index contributed by atoms with van der Waals surface area (Å²) in [5.74, 6) is -1.56. The average Bonchev–Trinajstić information content (AvgIpc) is 2.80. The second-order valence-corrected chi connectivity index (χ2v) is 7.35. The molecular formula is C17H21N3O4S.